The third-order valence-electron chi connectivity index (χ3n) is 2.41. The Kier molecular flexibility index (Phi) is 3.11. The lowest BCUT2D eigenvalue weighted by molar-refractivity contribution is 0.310. The number of pyridine rings is 1. The highest BCUT2D eigenvalue weighted by atomic mass is 16.1. The van der Waals surface area contributed by atoms with Gasteiger partial charge in [0.15, 0.2) is 0 Å². The Hall–Kier alpha value is -1.09. The monoisotopic (exact) mass is 194 g/mol. The first-order valence-corrected chi connectivity index (χ1v) is 4.83. The van der Waals surface area contributed by atoms with E-state index < -0.39 is 0 Å². The van der Waals surface area contributed by atoms with Gasteiger partial charge in [-0.05, 0) is 24.9 Å². The van der Waals surface area contributed by atoms with Crippen LogP contribution in [0.3, 0.4) is 0 Å². The highest BCUT2D eigenvalue weighted by molar-refractivity contribution is 5.04. The molecule has 0 saturated carbocycles. The average molecular weight is 194 g/mol. The summed E-state index contributed by atoms with van der Waals surface area (Å²) in [5.74, 6) is 0. The third-order valence-corrected chi connectivity index (χ3v) is 2.41. The van der Waals surface area contributed by atoms with Crippen LogP contribution in [0, 0.1) is 12.3 Å². The van der Waals surface area contributed by atoms with E-state index in [1.807, 2.05) is 13.0 Å². The Morgan fingerprint density at radius 3 is 2.57 bits per heavy atom. The maximum atomic E-state index is 11.6. The molecule has 3 nitrogen and oxygen atoms in total. The highest BCUT2D eigenvalue weighted by Crippen LogP contribution is 2.15. The van der Waals surface area contributed by atoms with Gasteiger partial charge in [-0.15, -0.1) is 0 Å². The smallest absolute Gasteiger partial charge is 0.250 e. The molecule has 14 heavy (non-hydrogen) atoms. The lowest BCUT2D eigenvalue weighted by Gasteiger charge is -2.24. The predicted molar refractivity (Wildman–Crippen MR) is 58.3 cm³/mol. The van der Waals surface area contributed by atoms with Crippen molar-refractivity contribution in [1.82, 2.24) is 4.57 Å². The number of aryl methyl sites for hydroxylation is 1. The summed E-state index contributed by atoms with van der Waals surface area (Å²) in [7, 11) is 0. The molecule has 0 atom stereocenters. The van der Waals surface area contributed by atoms with E-state index >= 15 is 0 Å². The standard InChI is InChI=1S/C11H18N2O/c1-9-5-4-6-10(14)13(9)8-11(2,3)7-12/h4-6H,7-8,12H2,1-3H3. The van der Waals surface area contributed by atoms with E-state index in [1.165, 1.54) is 0 Å². The fraction of sp³-hybridized carbons (Fsp3) is 0.545. The first-order chi connectivity index (χ1) is 6.46. The molecule has 0 saturated heterocycles. The van der Waals surface area contributed by atoms with Crippen molar-refractivity contribution in [1.29, 1.82) is 0 Å². The van der Waals surface area contributed by atoms with E-state index in [9.17, 15) is 4.79 Å². The van der Waals surface area contributed by atoms with Gasteiger partial charge in [0.25, 0.3) is 5.56 Å². The van der Waals surface area contributed by atoms with Gasteiger partial charge in [0.05, 0.1) is 0 Å². The molecule has 0 spiro atoms. The summed E-state index contributed by atoms with van der Waals surface area (Å²) < 4.78 is 1.77. The molecule has 78 valence electrons. The van der Waals surface area contributed by atoms with Crippen molar-refractivity contribution in [2.24, 2.45) is 11.1 Å². The fourth-order valence-electron chi connectivity index (χ4n) is 1.32. The highest BCUT2D eigenvalue weighted by Gasteiger charge is 2.17. The van der Waals surface area contributed by atoms with Crippen LogP contribution < -0.4 is 11.3 Å². The van der Waals surface area contributed by atoms with Gasteiger partial charge in [-0.1, -0.05) is 19.9 Å². The second kappa shape index (κ2) is 3.96. The summed E-state index contributed by atoms with van der Waals surface area (Å²) in [6.07, 6.45) is 0. The van der Waals surface area contributed by atoms with Crippen LogP contribution in [0.4, 0.5) is 0 Å². The van der Waals surface area contributed by atoms with Crippen LogP contribution in [0.1, 0.15) is 19.5 Å². The van der Waals surface area contributed by atoms with Crippen LogP contribution in [0.2, 0.25) is 0 Å². The topological polar surface area (TPSA) is 48.0 Å². The number of nitrogens with zero attached hydrogens (tertiary/aromatic N) is 1. The second-order valence-corrected chi connectivity index (χ2v) is 4.46. The number of hydrogen-bond donors (Lipinski definition) is 1. The molecule has 0 aliphatic heterocycles. The number of hydrogen-bond acceptors (Lipinski definition) is 2. The van der Waals surface area contributed by atoms with E-state index in [0.29, 0.717) is 13.1 Å². The lowest BCUT2D eigenvalue weighted by atomic mass is 9.93. The summed E-state index contributed by atoms with van der Waals surface area (Å²) in [4.78, 5) is 11.6. The molecular formula is C11H18N2O. The summed E-state index contributed by atoms with van der Waals surface area (Å²) in [5.41, 5.74) is 6.64. The van der Waals surface area contributed by atoms with Gasteiger partial charge in [-0.2, -0.15) is 0 Å². The van der Waals surface area contributed by atoms with Crippen LogP contribution >= 0.6 is 0 Å². The van der Waals surface area contributed by atoms with Gasteiger partial charge in [-0.3, -0.25) is 4.79 Å². The SMILES string of the molecule is Cc1cccc(=O)n1CC(C)(C)CN. The summed E-state index contributed by atoms with van der Waals surface area (Å²) >= 11 is 0. The van der Waals surface area contributed by atoms with Crippen molar-refractivity contribution in [2.45, 2.75) is 27.3 Å². The van der Waals surface area contributed by atoms with Crippen LogP contribution in [-0.4, -0.2) is 11.1 Å². The quantitative estimate of drug-likeness (QED) is 0.784. The molecule has 0 fully saturated rings. The minimum absolute atomic E-state index is 0.0318. The first-order valence-electron chi connectivity index (χ1n) is 4.83. The van der Waals surface area contributed by atoms with Crippen molar-refractivity contribution < 1.29 is 0 Å². The molecule has 0 bridgehead atoms. The van der Waals surface area contributed by atoms with Crippen molar-refractivity contribution in [2.75, 3.05) is 6.54 Å². The molecular weight excluding hydrogens is 176 g/mol. The fourth-order valence-corrected chi connectivity index (χ4v) is 1.32. The molecule has 1 aromatic rings. The first kappa shape index (κ1) is 11.0. The number of nitrogens with two attached hydrogens (primary N) is 1. The van der Waals surface area contributed by atoms with Crippen molar-refractivity contribution in [3.63, 3.8) is 0 Å². The van der Waals surface area contributed by atoms with E-state index in [1.54, 1.807) is 16.7 Å². The zero-order chi connectivity index (χ0) is 10.8. The molecule has 0 aliphatic rings. The number of rotatable bonds is 3. The van der Waals surface area contributed by atoms with Crippen molar-refractivity contribution >= 4 is 0 Å². The zero-order valence-electron chi connectivity index (χ0n) is 9.08. The van der Waals surface area contributed by atoms with Crippen LogP contribution in [0.25, 0.3) is 0 Å². The Morgan fingerprint density at radius 2 is 2.07 bits per heavy atom. The Balaban J connectivity index is 3.03. The van der Waals surface area contributed by atoms with Crippen LogP contribution in [0.15, 0.2) is 23.0 Å². The molecule has 0 unspecified atom stereocenters. The molecule has 0 radical (unpaired) electrons. The molecule has 0 aromatic carbocycles. The van der Waals surface area contributed by atoms with Gasteiger partial charge in [-0.25, -0.2) is 0 Å². The third kappa shape index (κ3) is 2.45. The van der Waals surface area contributed by atoms with E-state index in [2.05, 4.69) is 13.8 Å². The summed E-state index contributed by atoms with van der Waals surface area (Å²) in [6.45, 7) is 7.31. The normalized spacial score (nSPS) is 11.7. The minimum atomic E-state index is -0.0318. The Bertz CT molecular complexity index is 366. The second-order valence-electron chi connectivity index (χ2n) is 4.46. The molecule has 1 rings (SSSR count). The van der Waals surface area contributed by atoms with Gasteiger partial charge in [0, 0.05) is 18.3 Å². The van der Waals surface area contributed by atoms with Gasteiger partial charge >= 0.3 is 0 Å². The molecule has 1 heterocycles. The van der Waals surface area contributed by atoms with Crippen LogP contribution in [-0.2, 0) is 6.54 Å². The molecule has 1 aromatic heterocycles. The lowest BCUT2D eigenvalue weighted by Crippen LogP contribution is -2.34. The predicted octanol–water partition coefficient (Wildman–Crippen LogP) is 1.14. The van der Waals surface area contributed by atoms with Crippen molar-refractivity contribution in [3.05, 3.63) is 34.2 Å². The molecule has 2 N–H and O–H groups in total. The average Bonchev–Trinajstić information content (AvgIpc) is 2.12. The van der Waals surface area contributed by atoms with E-state index in [-0.39, 0.29) is 11.0 Å². The van der Waals surface area contributed by atoms with Gasteiger partial charge in [0.1, 0.15) is 0 Å². The van der Waals surface area contributed by atoms with Gasteiger partial charge in [0.2, 0.25) is 0 Å². The van der Waals surface area contributed by atoms with E-state index in [0.717, 1.165) is 5.69 Å². The maximum Gasteiger partial charge on any atom is 0.250 e. The minimum Gasteiger partial charge on any atom is -0.330 e. The summed E-state index contributed by atoms with van der Waals surface area (Å²) in [6, 6.07) is 5.30. The Morgan fingerprint density at radius 1 is 1.43 bits per heavy atom. The van der Waals surface area contributed by atoms with Gasteiger partial charge < -0.3 is 10.3 Å². The molecule has 0 aliphatic carbocycles. The van der Waals surface area contributed by atoms with Crippen molar-refractivity contribution in [3.8, 4) is 0 Å². The maximum absolute atomic E-state index is 11.6. The largest absolute Gasteiger partial charge is 0.330 e. The molecule has 3 heteroatoms. The zero-order valence-corrected chi connectivity index (χ0v) is 9.08. The summed E-state index contributed by atoms with van der Waals surface area (Å²) in [5, 5.41) is 0. The molecule has 0 amide bonds. The van der Waals surface area contributed by atoms with E-state index in [4.69, 9.17) is 5.73 Å². The van der Waals surface area contributed by atoms with Crippen LogP contribution in [0.5, 0.6) is 0 Å². The Labute approximate surface area is 84.6 Å². The number of aromatic nitrogens is 1.